The van der Waals surface area contributed by atoms with Crippen molar-refractivity contribution in [2.45, 2.75) is 32.9 Å². The number of rotatable bonds is 6. The van der Waals surface area contributed by atoms with Gasteiger partial charge in [0, 0.05) is 11.1 Å². The van der Waals surface area contributed by atoms with Gasteiger partial charge in [0.2, 0.25) is 5.69 Å². The maximum absolute atomic E-state index is 13.2. The molecule has 0 bridgehead atoms. The van der Waals surface area contributed by atoms with Crippen molar-refractivity contribution in [3.8, 4) is 5.69 Å². The van der Waals surface area contributed by atoms with E-state index in [2.05, 4.69) is 10.4 Å². The van der Waals surface area contributed by atoms with Crippen LogP contribution < -0.4 is 16.6 Å². The molecule has 1 amide bonds. The van der Waals surface area contributed by atoms with E-state index < -0.39 is 28.7 Å². The van der Waals surface area contributed by atoms with E-state index in [0.29, 0.717) is 22.7 Å². The molecule has 0 aliphatic rings. The molecule has 0 spiro atoms. The second-order valence-corrected chi connectivity index (χ2v) is 7.26. The standard InChI is InChI=1S/C21H20ClFN4O3/c1-3-13(2)24-19(28)18-20(29)26(12-14-4-8-16(23)9-5-14)21(30)27(25-18)17-10-6-15(22)7-11-17/h4-11,13H,3,12H2,1-2H3,(H,24,28)/t13-/m1/s1. The summed E-state index contributed by atoms with van der Waals surface area (Å²) in [6.07, 6.45) is 0.659. The summed E-state index contributed by atoms with van der Waals surface area (Å²) in [5.41, 5.74) is -1.10. The number of carbonyl (C=O) groups is 1. The van der Waals surface area contributed by atoms with Crippen molar-refractivity contribution in [2.24, 2.45) is 0 Å². The highest BCUT2D eigenvalue weighted by molar-refractivity contribution is 6.30. The molecule has 1 aromatic heterocycles. The minimum Gasteiger partial charge on any atom is -0.348 e. The van der Waals surface area contributed by atoms with Gasteiger partial charge in [0.1, 0.15) is 5.82 Å². The number of benzene rings is 2. The predicted molar refractivity (Wildman–Crippen MR) is 112 cm³/mol. The molecule has 3 aromatic rings. The van der Waals surface area contributed by atoms with E-state index in [0.717, 1.165) is 9.25 Å². The van der Waals surface area contributed by atoms with Crippen LogP contribution in [0.2, 0.25) is 5.02 Å². The molecule has 0 radical (unpaired) electrons. The normalized spacial score (nSPS) is 11.9. The maximum Gasteiger partial charge on any atom is 0.352 e. The fraction of sp³-hybridized carbons (Fsp3) is 0.238. The highest BCUT2D eigenvalue weighted by atomic mass is 35.5. The van der Waals surface area contributed by atoms with Gasteiger partial charge in [-0.2, -0.15) is 9.78 Å². The zero-order chi connectivity index (χ0) is 21.8. The third-order valence-electron chi connectivity index (χ3n) is 4.59. The zero-order valence-electron chi connectivity index (χ0n) is 16.4. The SMILES string of the molecule is CC[C@@H](C)NC(=O)c1nn(-c2ccc(Cl)cc2)c(=O)n(Cc2ccc(F)cc2)c1=O. The van der Waals surface area contributed by atoms with Gasteiger partial charge in [-0.1, -0.05) is 30.7 Å². The number of nitrogens with zero attached hydrogens (tertiary/aromatic N) is 3. The third-order valence-corrected chi connectivity index (χ3v) is 4.84. The summed E-state index contributed by atoms with van der Waals surface area (Å²) in [7, 11) is 0. The average Bonchev–Trinajstić information content (AvgIpc) is 2.73. The van der Waals surface area contributed by atoms with Gasteiger partial charge in [0.15, 0.2) is 0 Å². The molecule has 0 saturated carbocycles. The summed E-state index contributed by atoms with van der Waals surface area (Å²) in [6, 6.07) is 11.5. The lowest BCUT2D eigenvalue weighted by Gasteiger charge is -2.14. The van der Waals surface area contributed by atoms with Crippen LogP contribution in [0.15, 0.2) is 58.1 Å². The fourth-order valence-electron chi connectivity index (χ4n) is 2.71. The second kappa shape index (κ2) is 9.04. The first-order valence-electron chi connectivity index (χ1n) is 9.35. The first-order valence-corrected chi connectivity index (χ1v) is 9.73. The molecule has 0 saturated heterocycles. The van der Waals surface area contributed by atoms with Gasteiger partial charge in [0.05, 0.1) is 12.2 Å². The maximum atomic E-state index is 13.2. The number of nitrogens with one attached hydrogen (secondary N) is 1. The lowest BCUT2D eigenvalue weighted by Crippen LogP contribution is -2.47. The van der Waals surface area contributed by atoms with Crippen LogP contribution in [0, 0.1) is 5.82 Å². The zero-order valence-corrected chi connectivity index (χ0v) is 17.2. The molecule has 2 aromatic carbocycles. The lowest BCUT2D eigenvalue weighted by molar-refractivity contribution is 0.0929. The van der Waals surface area contributed by atoms with E-state index in [1.54, 1.807) is 31.2 Å². The molecular weight excluding hydrogens is 411 g/mol. The molecule has 1 atom stereocenters. The largest absolute Gasteiger partial charge is 0.352 e. The Balaban J connectivity index is 2.17. The monoisotopic (exact) mass is 430 g/mol. The molecule has 0 aliphatic heterocycles. The molecule has 0 unspecified atom stereocenters. The van der Waals surface area contributed by atoms with Crippen molar-refractivity contribution < 1.29 is 9.18 Å². The van der Waals surface area contributed by atoms with Crippen molar-refractivity contribution in [1.82, 2.24) is 19.7 Å². The topological polar surface area (TPSA) is 86.0 Å². The first-order chi connectivity index (χ1) is 14.3. The average molecular weight is 431 g/mol. The molecule has 9 heteroatoms. The Morgan fingerprint density at radius 1 is 1.13 bits per heavy atom. The van der Waals surface area contributed by atoms with Gasteiger partial charge < -0.3 is 5.32 Å². The number of hydrogen-bond donors (Lipinski definition) is 1. The van der Waals surface area contributed by atoms with Crippen molar-refractivity contribution in [1.29, 1.82) is 0 Å². The van der Waals surface area contributed by atoms with Gasteiger partial charge in [-0.3, -0.25) is 14.2 Å². The molecule has 0 aliphatic carbocycles. The Hall–Kier alpha value is -3.26. The predicted octanol–water partition coefficient (Wildman–Crippen LogP) is 2.76. The molecule has 30 heavy (non-hydrogen) atoms. The number of aromatic nitrogens is 3. The number of amides is 1. The lowest BCUT2D eigenvalue weighted by atomic mass is 10.2. The smallest absolute Gasteiger partial charge is 0.348 e. The Kier molecular flexibility index (Phi) is 6.47. The van der Waals surface area contributed by atoms with Gasteiger partial charge in [-0.05, 0) is 55.3 Å². The van der Waals surface area contributed by atoms with E-state index >= 15 is 0 Å². The highest BCUT2D eigenvalue weighted by Crippen LogP contribution is 2.11. The molecule has 7 nitrogen and oxygen atoms in total. The summed E-state index contributed by atoms with van der Waals surface area (Å²) in [6.45, 7) is 3.54. The molecular formula is C21H20ClFN4O3. The van der Waals surface area contributed by atoms with Crippen LogP contribution in [-0.4, -0.2) is 26.3 Å². The summed E-state index contributed by atoms with van der Waals surface area (Å²) in [4.78, 5) is 38.6. The van der Waals surface area contributed by atoms with Gasteiger partial charge in [0.25, 0.3) is 11.5 Å². The van der Waals surface area contributed by atoms with Crippen molar-refractivity contribution in [3.63, 3.8) is 0 Å². The molecule has 3 rings (SSSR count). The van der Waals surface area contributed by atoms with E-state index in [4.69, 9.17) is 11.6 Å². The fourth-order valence-corrected chi connectivity index (χ4v) is 2.84. The Morgan fingerprint density at radius 3 is 2.37 bits per heavy atom. The van der Waals surface area contributed by atoms with Crippen LogP contribution in [0.4, 0.5) is 4.39 Å². The van der Waals surface area contributed by atoms with Crippen LogP contribution in [0.3, 0.4) is 0 Å². The number of halogens is 2. The van der Waals surface area contributed by atoms with Gasteiger partial charge >= 0.3 is 5.69 Å². The summed E-state index contributed by atoms with van der Waals surface area (Å²) >= 11 is 5.91. The quantitative estimate of drug-likeness (QED) is 0.651. The third kappa shape index (κ3) is 4.65. The molecule has 1 N–H and O–H groups in total. The van der Waals surface area contributed by atoms with Crippen molar-refractivity contribution in [2.75, 3.05) is 0 Å². The summed E-state index contributed by atoms with van der Waals surface area (Å²) in [5.74, 6) is -1.11. The Bertz CT molecular complexity index is 1170. The van der Waals surface area contributed by atoms with Crippen molar-refractivity contribution >= 4 is 17.5 Å². The molecule has 156 valence electrons. The number of carbonyl (C=O) groups excluding carboxylic acids is 1. The Morgan fingerprint density at radius 2 is 1.77 bits per heavy atom. The first kappa shape index (κ1) is 21.4. The minimum atomic E-state index is -0.824. The van der Waals surface area contributed by atoms with E-state index in [9.17, 15) is 18.8 Å². The van der Waals surface area contributed by atoms with Crippen LogP contribution in [0.1, 0.15) is 36.3 Å². The van der Waals surface area contributed by atoms with Crippen LogP contribution in [0.25, 0.3) is 5.69 Å². The molecule has 1 heterocycles. The van der Waals surface area contributed by atoms with E-state index in [1.165, 1.54) is 24.3 Å². The van der Waals surface area contributed by atoms with Crippen LogP contribution >= 0.6 is 11.6 Å². The molecule has 0 fully saturated rings. The van der Waals surface area contributed by atoms with E-state index in [-0.39, 0.29) is 12.6 Å². The minimum absolute atomic E-state index is 0.141. The summed E-state index contributed by atoms with van der Waals surface area (Å²) in [5, 5.41) is 7.18. The van der Waals surface area contributed by atoms with Gasteiger partial charge in [-0.15, -0.1) is 0 Å². The van der Waals surface area contributed by atoms with Crippen LogP contribution in [0.5, 0.6) is 0 Å². The summed E-state index contributed by atoms with van der Waals surface area (Å²) < 4.78 is 15.1. The Labute approximate surface area is 176 Å². The van der Waals surface area contributed by atoms with Crippen molar-refractivity contribution in [3.05, 3.63) is 91.5 Å². The van der Waals surface area contributed by atoms with E-state index in [1.807, 2.05) is 6.92 Å². The number of hydrogen-bond acceptors (Lipinski definition) is 4. The highest BCUT2D eigenvalue weighted by Gasteiger charge is 2.21. The van der Waals surface area contributed by atoms with Crippen LogP contribution in [-0.2, 0) is 6.54 Å². The second-order valence-electron chi connectivity index (χ2n) is 6.82. The van der Waals surface area contributed by atoms with Gasteiger partial charge in [-0.25, -0.2) is 9.18 Å².